The van der Waals surface area contributed by atoms with Gasteiger partial charge < -0.3 is 15.7 Å². The Morgan fingerprint density at radius 2 is 1.85 bits per heavy atom. The molecule has 2 aromatic carbocycles. The number of nitrogens with zero attached hydrogens (tertiary/aromatic N) is 1. The fourth-order valence-electron chi connectivity index (χ4n) is 2.00. The lowest BCUT2D eigenvalue weighted by Crippen LogP contribution is -2.26. The van der Waals surface area contributed by atoms with Crippen LogP contribution in [0.2, 0.25) is 0 Å². The van der Waals surface area contributed by atoms with Crippen LogP contribution >= 0.6 is 0 Å². The number of benzene rings is 2. The maximum absolute atomic E-state index is 12.3. The molecule has 20 heavy (non-hydrogen) atoms. The number of carbonyl (C=O) groups excluding carboxylic acids is 1. The third-order valence-corrected chi connectivity index (χ3v) is 3.13. The van der Waals surface area contributed by atoms with Gasteiger partial charge in [0.15, 0.2) is 0 Å². The lowest BCUT2D eigenvalue weighted by molar-refractivity contribution is 0.0782. The van der Waals surface area contributed by atoms with Crippen LogP contribution in [-0.4, -0.2) is 23.0 Å². The van der Waals surface area contributed by atoms with Gasteiger partial charge in [-0.15, -0.1) is 0 Å². The van der Waals surface area contributed by atoms with Crippen molar-refractivity contribution in [1.29, 1.82) is 0 Å². The van der Waals surface area contributed by atoms with Crippen LogP contribution in [0.15, 0.2) is 42.5 Å². The number of phenols is 1. The Kier molecular flexibility index (Phi) is 3.94. The number of hydrogen-bond acceptors (Lipinski definition) is 3. The number of nitrogens with two attached hydrogens (primary N) is 1. The molecule has 0 fully saturated rings. The molecule has 4 nitrogen and oxygen atoms in total. The number of aromatic hydroxyl groups is 1. The van der Waals surface area contributed by atoms with Crippen molar-refractivity contribution in [2.75, 3.05) is 12.8 Å². The molecule has 2 aromatic rings. The quantitative estimate of drug-likeness (QED) is 0.842. The zero-order chi connectivity index (χ0) is 14.7. The molecule has 0 bridgehead atoms. The second kappa shape index (κ2) is 5.65. The number of phenolic OH excluding ortho intramolecular Hbond substituents is 1. The highest BCUT2D eigenvalue weighted by atomic mass is 16.3. The average Bonchev–Trinajstić information content (AvgIpc) is 2.43. The van der Waals surface area contributed by atoms with E-state index in [4.69, 9.17) is 5.73 Å². The molecule has 0 atom stereocenters. The predicted octanol–water partition coefficient (Wildman–Crippen LogP) is 2.56. The van der Waals surface area contributed by atoms with Crippen LogP contribution in [0.1, 0.15) is 21.5 Å². The number of carbonyl (C=O) groups is 1. The van der Waals surface area contributed by atoms with Gasteiger partial charge in [-0.05, 0) is 36.8 Å². The molecule has 0 aliphatic heterocycles. The van der Waals surface area contributed by atoms with Crippen molar-refractivity contribution >= 4 is 11.6 Å². The van der Waals surface area contributed by atoms with E-state index in [0.29, 0.717) is 17.8 Å². The van der Waals surface area contributed by atoms with E-state index >= 15 is 0 Å². The van der Waals surface area contributed by atoms with E-state index in [0.717, 1.165) is 11.1 Å². The fourth-order valence-corrected chi connectivity index (χ4v) is 2.00. The first-order valence-corrected chi connectivity index (χ1v) is 6.37. The molecule has 0 saturated heterocycles. The molecule has 0 aliphatic carbocycles. The Balaban J connectivity index is 2.16. The number of anilines is 1. The number of hydrogen-bond donors (Lipinski definition) is 2. The minimum absolute atomic E-state index is 0.00440. The second-order valence-electron chi connectivity index (χ2n) is 4.92. The maximum atomic E-state index is 12.3. The van der Waals surface area contributed by atoms with Gasteiger partial charge in [0.25, 0.3) is 5.91 Å². The van der Waals surface area contributed by atoms with Crippen LogP contribution in [0.25, 0.3) is 0 Å². The Hall–Kier alpha value is -2.49. The van der Waals surface area contributed by atoms with Gasteiger partial charge in [-0.2, -0.15) is 0 Å². The highest BCUT2D eigenvalue weighted by Crippen LogP contribution is 2.20. The molecule has 0 radical (unpaired) electrons. The third-order valence-electron chi connectivity index (χ3n) is 3.13. The summed E-state index contributed by atoms with van der Waals surface area (Å²) >= 11 is 0. The molecule has 0 aliphatic rings. The van der Waals surface area contributed by atoms with E-state index in [9.17, 15) is 9.90 Å². The third kappa shape index (κ3) is 3.09. The Bertz CT molecular complexity index is 621. The molecule has 0 aromatic heterocycles. The summed E-state index contributed by atoms with van der Waals surface area (Å²) in [5, 5.41) is 9.79. The van der Waals surface area contributed by atoms with Gasteiger partial charge in [-0.25, -0.2) is 0 Å². The zero-order valence-electron chi connectivity index (χ0n) is 11.6. The lowest BCUT2D eigenvalue weighted by Gasteiger charge is -2.18. The number of nitrogen functional groups attached to an aromatic ring is 1. The summed E-state index contributed by atoms with van der Waals surface area (Å²) in [6.07, 6.45) is 0. The summed E-state index contributed by atoms with van der Waals surface area (Å²) in [5.41, 5.74) is 8.57. The molecule has 104 valence electrons. The number of aryl methyl sites for hydroxylation is 1. The molecule has 0 heterocycles. The SMILES string of the molecule is Cc1ccc(O)c(C(=O)N(C)Cc2ccc(N)cc2)c1. The zero-order valence-corrected chi connectivity index (χ0v) is 11.6. The predicted molar refractivity (Wildman–Crippen MR) is 79.5 cm³/mol. The normalized spacial score (nSPS) is 10.3. The van der Waals surface area contributed by atoms with Gasteiger partial charge in [0.2, 0.25) is 0 Å². The second-order valence-corrected chi connectivity index (χ2v) is 4.92. The standard InChI is InChI=1S/C16H18N2O2/c1-11-3-8-15(19)14(9-11)16(20)18(2)10-12-4-6-13(17)7-5-12/h3-9,19H,10,17H2,1-2H3. The van der Waals surface area contributed by atoms with Crippen molar-refractivity contribution in [3.05, 3.63) is 59.2 Å². The van der Waals surface area contributed by atoms with E-state index < -0.39 is 0 Å². The molecule has 3 N–H and O–H groups in total. The van der Waals surface area contributed by atoms with Gasteiger partial charge in [0, 0.05) is 19.3 Å². The highest BCUT2D eigenvalue weighted by molar-refractivity contribution is 5.96. The fraction of sp³-hybridized carbons (Fsp3) is 0.188. The number of rotatable bonds is 3. The van der Waals surface area contributed by atoms with Crippen LogP contribution in [-0.2, 0) is 6.54 Å². The summed E-state index contributed by atoms with van der Waals surface area (Å²) < 4.78 is 0. The topological polar surface area (TPSA) is 66.6 Å². The Morgan fingerprint density at radius 1 is 1.20 bits per heavy atom. The van der Waals surface area contributed by atoms with E-state index in [1.54, 1.807) is 42.3 Å². The van der Waals surface area contributed by atoms with Gasteiger partial charge in [-0.1, -0.05) is 23.8 Å². The van der Waals surface area contributed by atoms with E-state index in [2.05, 4.69) is 0 Å². The van der Waals surface area contributed by atoms with Gasteiger partial charge >= 0.3 is 0 Å². The lowest BCUT2D eigenvalue weighted by atomic mass is 10.1. The molecule has 0 unspecified atom stereocenters. The van der Waals surface area contributed by atoms with Crippen LogP contribution in [0, 0.1) is 6.92 Å². The average molecular weight is 270 g/mol. The van der Waals surface area contributed by atoms with Gasteiger partial charge in [0.1, 0.15) is 5.75 Å². The molecular weight excluding hydrogens is 252 g/mol. The van der Waals surface area contributed by atoms with Crippen molar-refractivity contribution in [3.63, 3.8) is 0 Å². The van der Waals surface area contributed by atoms with Gasteiger partial charge in [0.05, 0.1) is 5.56 Å². The van der Waals surface area contributed by atoms with E-state index in [-0.39, 0.29) is 11.7 Å². The smallest absolute Gasteiger partial charge is 0.257 e. The minimum Gasteiger partial charge on any atom is -0.507 e. The Morgan fingerprint density at radius 3 is 2.50 bits per heavy atom. The molecule has 2 rings (SSSR count). The maximum Gasteiger partial charge on any atom is 0.257 e. The monoisotopic (exact) mass is 270 g/mol. The summed E-state index contributed by atoms with van der Waals surface area (Å²) in [7, 11) is 1.71. The number of amides is 1. The van der Waals surface area contributed by atoms with Crippen molar-refractivity contribution in [2.24, 2.45) is 0 Å². The van der Waals surface area contributed by atoms with Crippen LogP contribution in [0.4, 0.5) is 5.69 Å². The van der Waals surface area contributed by atoms with Crippen LogP contribution in [0.3, 0.4) is 0 Å². The minimum atomic E-state index is -0.206. The van der Waals surface area contributed by atoms with Crippen LogP contribution < -0.4 is 5.73 Å². The van der Waals surface area contributed by atoms with Crippen LogP contribution in [0.5, 0.6) is 5.75 Å². The first-order chi connectivity index (χ1) is 9.47. The van der Waals surface area contributed by atoms with E-state index in [1.807, 2.05) is 19.1 Å². The molecule has 0 spiro atoms. The summed E-state index contributed by atoms with van der Waals surface area (Å²) in [6, 6.07) is 12.4. The summed E-state index contributed by atoms with van der Waals surface area (Å²) in [4.78, 5) is 13.9. The largest absolute Gasteiger partial charge is 0.507 e. The first-order valence-electron chi connectivity index (χ1n) is 6.37. The first kappa shape index (κ1) is 13.9. The van der Waals surface area contributed by atoms with E-state index in [1.165, 1.54) is 0 Å². The molecule has 4 heteroatoms. The van der Waals surface area contributed by atoms with Crippen molar-refractivity contribution in [2.45, 2.75) is 13.5 Å². The van der Waals surface area contributed by atoms with Crippen molar-refractivity contribution < 1.29 is 9.90 Å². The molecule has 1 amide bonds. The Labute approximate surface area is 118 Å². The van der Waals surface area contributed by atoms with Gasteiger partial charge in [-0.3, -0.25) is 4.79 Å². The summed E-state index contributed by atoms with van der Waals surface area (Å²) in [5.74, 6) is -0.201. The molecular formula is C16H18N2O2. The van der Waals surface area contributed by atoms with Crippen molar-refractivity contribution in [3.8, 4) is 5.75 Å². The van der Waals surface area contributed by atoms with Crippen molar-refractivity contribution in [1.82, 2.24) is 4.90 Å². The summed E-state index contributed by atoms with van der Waals surface area (Å²) in [6.45, 7) is 2.35. The highest BCUT2D eigenvalue weighted by Gasteiger charge is 2.16. The molecule has 0 saturated carbocycles.